The van der Waals surface area contributed by atoms with Gasteiger partial charge in [-0.1, -0.05) is 17.6 Å². The van der Waals surface area contributed by atoms with Crippen LogP contribution < -0.4 is 5.26 Å². The molecule has 3 heteroatoms. The zero-order valence-corrected chi connectivity index (χ0v) is 1.22. The molecule has 0 N–H and O–H groups in total. The molecule has 0 radical (unpaired) electrons. The molecule has 0 unspecified atom stereocenters. The molecule has 4 heavy (non-hydrogen) atoms. The molecule has 0 saturated carbocycles. The maximum atomic E-state index is 7.88. The molecule has 0 spiro atoms. The van der Waals surface area contributed by atoms with Crippen molar-refractivity contribution in [2.24, 2.45) is 0 Å². The van der Waals surface area contributed by atoms with Gasteiger partial charge in [-0.05, 0) is 0 Å². The average Bonchev–Trinajstić information content (AvgIpc) is 0.918. The van der Waals surface area contributed by atoms with Gasteiger partial charge in [-0.25, -0.2) is 0 Å². The predicted molar refractivity (Wildman–Crippen MR) is 13.5 cm³/mol. The van der Waals surface area contributed by atoms with Gasteiger partial charge in [0.15, 0.2) is 4.75 Å². The first-order chi connectivity index (χ1) is 1.41. The molecular formula is CH4O3. The van der Waals surface area contributed by atoms with Gasteiger partial charge in [0.2, 0.25) is 0 Å². The van der Waals surface area contributed by atoms with E-state index in [1.165, 1.54) is 0 Å². The SMILES string of the molecule is C.O=[O+][O-]. The summed E-state index contributed by atoms with van der Waals surface area (Å²) in [7, 11) is 0. The van der Waals surface area contributed by atoms with Crippen LogP contribution in [0.15, 0.2) is 0 Å². The number of hydrogen-bond acceptors (Lipinski definition) is 2. The summed E-state index contributed by atoms with van der Waals surface area (Å²) in [6.07, 6.45) is 0. The molecule has 0 aromatic carbocycles. The van der Waals surface area contributed by atoms with E-state index in [4.69, 9.17) is 10.2 Å². The van der Waals surface area contributed by atoms with E-state index in [1.54, 1.807) is 4.75 Å². The Kier molecular flexibility index (Phi) is 73.4. The Morgan fingerprint density at radius 1 is 1.75 bits per heavy atom. The average molecular weight is 64.0 g/mol. The van der Waals surface area contributed by atoms with Gasteiger partial charge in [-0.15, -0.1) is 0 Å². The zero-order valence-electron chi connectivity index (χ0n) is 1.22. The standard InChI is InChI=1S/CH4.O3/c;1-3-2/h1H4;. The Morgan fingerprint density at radius 2 is 1.75 bits per heavy atom. The lowest BCUT2D eigenvalue weighted by molar-refractivity contribution is -0.284. The summed E-state index contributed by atoms with van der Waals surface area (Å²) < 4.78 is 1.75. The van der Waals surface area contributed by atoms with Gasteiger partial charge in [-0.2, -0.15) is 0 Å². The van der Waals surface area contributed by atoms with Crippen LogP contribution in [0.2, 0.25) is 0 Å². The first-order valence-corrected chi connectivity index (χ1v) is 0.333. The van der Waals surface area contributed by atoms with E-state index in [-0.39, 0.29) is 7.43 Å². The van der Waals surface area contributed by atoms with Gasteiger partial charge in [0.25, 0.3) is 0 Å². The van der Waals surface area contributed by atoms with Crippen molar-refractivity contribution >= 4 is 0 Å². The highest BCUT2D eigenvalue weighted by molar-refractivity contribution is 4.20. The number of hydrogen-bond donors (Lipinski definition) is 0. The smallest absolute Gasteiger partial charge is 0.0776 e. The van der Waals surface area contributed by atoms with Gasteiger partial charge in [0, 0.05) is 0 Å². The largest absolute Gasteiger partial charge is 0.154 e. The molecule has 0 atom stereocenters. The topological polar surface area (TPSA) is 51.4 Å². The van der Waals surface area contributed by atoms with Crippen LogP contribution in [0.25, 0.3) is 0 Å². The number of rotatable bonds is 0. The summed E-state index contributed by atoms with van der Waals surface area (Å²) in [6.45, 7) is 0. The Hall–Kier alpha value is -0.600. The molecule has 0 bridgehead atoms. The zero-order chi connectivity index (χ0) is 2.71. The van der Waals surface area contributed by atoms with Crippen molar-refractivity contribution in [3.8, 4) is 0 Å². The van der Waals surface area contributed by atoms with Crippen molar-refractivity contribution in [3.05, 3.63) is 9.71 Å². The molecule has 0 aliphatic rings. The minimum Gasteiger partial charge on any atom is -0.0776 e. The summed E-state index contributed by atoms with van der Waals surface area (Å²) in [5, 5.41) is 7.88. The molecule has 0 rings (SSSR count). The fourth-order valence-electron chi connectivity index (χ4n) is 0. The quantitative estimate of drug-likeness (QED) is 0.217. The summed E-state index contributed by atoms with van der Waals surface area (Å²) in [6, 6.07) is 0. The molecule has 0 amide bonds. The van der Waals surface area contributed by atoms with E-state index >= 15 is 0 Å². The third-order valence-corrected chi connectivity index (χ3v) is 0. The molecular weight excluding hydrogens is 60.0 g/mol. The first-order valence-electron chi connectivity index (χ1n) is 0.333. The van der Waals surface area contributed by atoms with Crippen LogP contribution in [-0.2, 0) is 0 Å². The molecule has 0 fully saturated rings. The highest BCUT2D eigenvalue weighted by atomic mass is 17.2. The summed E-state index contributed by atoms with van der Waals surface area (Å²) >= 11 is 0. The minimum absolute atomic E-state index is 0. The van der Waals surface area contributed by atoms with Crippen LogP contribution >= 0.6 is 0 Å². The van der Waals surface area contributed by atoms with Gasteiger partial charge in [-0.3, -0.25) is 0 Å². The molecule has 26 valence electrons. The third-order valence-electron chi connectivity index (χ3n) is 0. The molecule has 0 aliphatic heterocycles. The van der Waals surface area contributed by atoms with E-state index < -0.39 is 0 Å². The molecule has 0 aromatic rings. The fourth-order valence-corrected chi connectivity index (χ4v) is 0. The maximum Gasteiger partial charge on any atom is 0.154 e. The Labute approximate surface area is 23.7 Å². The molecule has 3 nitrogen and oxygen atoms in total. The van der Waals surface area contributed by atoms with Crippen LogP contribution in [0.3, 0.4) is 0 Å². The van der Waals surface area contributed by atoms with E-state index in [9.17, 15) is 0 Å². The monoisotopic (exact) mass is 64.0 g/mol. The van der Waals surface area contributed by atoms with Crippen LogP contribution in [0.5, 0.6) is 0 Å². The minimum atomic E-state index is 0. The predicted octanol–water partition coefficient (Wildman–Crippen LogP) is -0.486. The van der Waals surface area contributed by atoms with Gasteiger partial charge in [0.1, 0.15) is 0 Å². The van der Waals surface area contributed by atoms with Crippen molar-refractivity contribution in [1.82, 2.24) is 0 Å². The lowest BCUT2D eigenvalue weighted by Gasteiger charge is -1.19. The maximum absolute atomic E-state index is 7.88. The van der Waals surface area contributed by atoms with Crippen molar-refractivity contribution in [2.45, 2.75) is 7.43 Å². The molecule has 0 aliphatic carbocycles. The van der Waals surface area contributed by atoms with E-state index in [2.05, 4.69) is 0 Å². The van der Waals surface area contributed by atoms with Crippen molar-refractivity contribution < 1.29 is 5.26 Å². The van der Waals surface area contributed by atoms with E-state index in [1.807, 2.05) is 0 Å². The second kappa shape index (κ2) is 29.4. The van der Waals surface area contributed by atoms with Crippen LogP contribution in [0, 0.1) is 9.71 Å². The normalized spacial score (nSPS) is 3.00. The summed E-state index contributed by atoms with van der Waals surface area (Å²) in [5.41, 5.74) is 0. The lowest BCUT2D eigenvalue weighted by atomic mass is 12.0. The second-order valence-corrected chi connectivity index (χ2v) is 0.0680. The highest BCUT2D eigenvalue weighted by Crippen LogP contribution is 1.00. The Morgan fingerprint density at radius 3 is 1.75 bits per heavy atom. The molecule has 0 heterocycles. The third kappa shape index (κ3) is 0.622. The Bertz CT molecular complexity index is 10.8. The summed E-state index contributed by atoms with van der Waals surface area (Å²) in [4.78, 5) is 7.88. The highest BCUT2D eigenvalue weighted by Gasteiger charge is 1.27. The van der Waals surface area contributed by atoms with Gasteiger partial charge >= 0.3 is 0 Å². The van der Waals surface area contributed by atoms with E-state index in [0.717, 1.165) is 0 Å². The van der Waals surface area contributed by atoms with Crippen LogP contribution in [-0.4, -0.2) is 0 Å². The molecule has 0 saturated heterocycles. The summed E-state index contributed by atoms with van der Waals surface area (Å²) in [5.74, 6) is 0. The van der Waals surface area contributed by atoms with Crippen LogP contribution in [0.1, 0.15) is 7.43 Å². The van der Waals surface area contributed by atoms with Gasteiger partial charge in [0.05, 0.1) is 0 Å². The van der Waals surface area contributed by atoms with Crippen molar-refractivity contribution in [2.75, 3.05) is 0 Å². The lowest BCUT2D eigenvalue weighted by Crippen LogP contribution is -1.82. The van der Waals surface area contributed by atoms with Crippen molar-refractivity contribution in [3.63, 3.8) is 0 Å². The van der Waals surface area contributed by atoms with Crippen molar-refractivity contribution in [1.29, 1.82) is 0 Å². The fraction of sp³-hybridized carbons (Fsp3) is 1.00. The van der Waals surface area contributed by atoms with E-state index in [0.29, 0.717) is 0 Å². The second-order valence-electron chi connectivity index (χ2n) is 0.0680. The Balaban J connectivity index is 0. The van der Waals surface area contributed by atoms with Crippen LogP contribution in [0.4, 0.5) is 0 Å². The van der Waals surface area contributed by atoms with Gasteiger partial charge < -0.3 is 0 Å². The molecule has 0 aromatic heterocycles. The first kappa shape index (κ1) is 9.99.